The van der Waals surface area contributed by atoms with Crippen LogP contribution in [0.4, 0.5) is 0 Å². The van der Waals surface area contributed by atoms with Crippen LogP contribution in [-0.2, 0) is 0 Å². The number of hydrogen-bond donors (Lipinski definition) is 1. The van der Waals surface area contributed by atoms with Crippen LogP contribution in [0.5, 0.6) is 11.5 Å². The maximum atomic E-state index is 9.73. The Balaban J connectivity index is 2.52. The van der Waals surface area contributed by atoms with Crippen molar-refractivity contribution in [3.8, 4) is 11.5 Å². The smallest absolute Gasteiger partial charge is 0.131 e. The van der Waals surface area contributed by atoms with E-state index in [1.807, 2.05) is 19.1 Å². The molecular weight excluding hydrogens is 180 g/mol. The van der Waals surface area contributed by atoms with Crippen molar-refractivity contribution in [2.75, 3.05) is 13.7 Å². The van der Waals surface area contributed by atoms with Gasteiger partial charge in [-0.2, -0.15) is 0 Å². The number of rotatable bonds is 1. The molecule has 1 heterocycles. The van der Waals surface area contributed by atoms with Gasteiger partial charge in [0.25, 0.3) is 0 Å². The minimum absolute atomic E-state index is 0.400. The minimum Gasteiger partial charge on any atom is -0.496 e. The van der Waals surface area contributed by atoms with Crippen molar-refractivity contribution in [3.05, 3.63) is 23.3 Å². The zero-order valence-electron chi connectivity index (χ0n) is 8.41. The molecule has 0 aromatic heterocycles. The number of hydrogen-bond acceptors (Lipinski definition) is 3. The fourth-order valence-corrected chi connectivity index (χ4v) is 1.80. The number of methoxy groups -OCH3 is 1. The molecule has 0 bridgehead atoms. The van der Waals surface area contributed by atoms with E-state index >= 15 is 0 Å². The van der Waals surface area contributed by atoms with Crippen molar-refractivity contribution in [3.63, 3.8) is 0 Å². The van der Waals surface area contributed by atoms with Crippen LogP contribution in [0.2, 0.25) is 0 Å². The van der Waals surface area contributed by atoms with E-state index in [9.17, 15) is 5.11 Å². The van der Waals surface area contributed by atoms with E-state index in [0.717, 1.165) is 22.6 Å². The number of fused-ring (bicyclic) bond motifs is 1. The molecule has 1 N–H and O–H groups in total. The highest BCUT2D eigenvalue weighted by Crippen LogP contribution is 2.38. The van der Waals surface area contributed by atoms with Crippen molar-refractivity contribution >= 4 is 0 Å². The molecule has 2 rings (SSSR count). The van der Waals surface area contributed by atoms with Gasteiger partial charge in [0, 0.05) is 17.5 Å². The SMILES string of the molecule is COc1ccc2c(c1C)OCC[C@@H]2O. The number of ether oxygens (including phenoxy) is 2. The Morgan fingerprint density at radius 1 is 1.50 bits per heavy atom. The van der Waals surface area contributed by atoms with E-state index in [4.69, 9.17) is 9.47 Å². The summed E-state index contributed by atoms with van der Waals surface area (Å²) >= 11 is 0. The van der Waals surface area contributed by atoms with Gasteiger partial charge in [-0.05, 0) is 19.1 Å². The first kappa shape index (κ1) is 9.34. The highest BCUT2D eigenvalue weighted by atomic mass is 16.5. The summed E-state index contributed by atoms with van der Waals surface area (Å²) in [7, 11) is 1.63. The summed E-state index contributed by atoms with van der Waals surface area (Å²) in [4.78, 5) is 0. The molecule has 3 nitrogen and oxygen atoms in total. The van der Waals surface area contributed by atoms with Crippen LogP contribution in [0, 0.1) is 6.92 Å². The van der Waals surface area contributed by atoms with E-state index < -0.39 is 6.10 Å². The first-order valence-corrected chi connectivity index (χ1v) is 4.72. The predicted molar refractivity (Wildman–Crippen MR) is 52.8 cm³/mol. The van der Waals surface area contributed by atoms with Crippen molar-refractivity contribution in [2.24, 2.45) is 0 Å². The van der Waals surface area contributed by atoms with E-state index in [2.05, 4.69) is 0 Å². The summed E-state index contributed by atoms with van der Waals surface area (Å²) < 4.78 is 10.7. The van der Waals surface area contributed by atoms with Gasteiger partial charge in [0.15, 0.2) is 0 Å². The third kappa shape index (κ3) is 1.34. The predicted octanol–water partition coefficient (Wildman–Crippen LogP) is 1.82. The van der Waals surface area contributed by atoms with Gasteiger partial charge in [-0.3, -0.25) is 0 Å². The third-order valence-electron chi connectivity index (χ3n) is 2.60. The Hall–Kier alpha value is -1.22. The lowest BCUT2D eigenvalue weighted by molar-refractivity contribution is 0.114. The largest absolute Gasteiger partial charge is 0.496 e. The molecule has 1 aromatic rings. The van der Waals surface area contributed by atoms with Gasteiger partial charge < -0.3 is 14.6 Å². The quantitative estimate of drug-likeness (QED) is 0.741. The monoisotopic (exact) mass is 194 g/mol. The molecule has 0 saturated heterocycles. The Bertz CT molecular complexity index is 347. The molecule has 1 aliphatic rings. The first-order valence-electron chi connectivity index (χ1n) is 4.72. The molecule has 0 fully saturated rings. The van der Waals surface area contributed by atoms with Crippen LogP contribution in [0.25, 0.3) is 0 Å². The van der Waals surface area contributed by atoms with Gasteiger partial charge in [-0.15, -0.1) is 0 Å². The van der Waals surface area contributed by atoms with Crippen LogP contribution in [0.3, 0.4) is 0 Å². The summed E-state index contributed by atoms with van der Waals surface area (Å²) in [6, 6.07) is 3.73. The lowest BCUT2D eigenvalue weighted by Crippen LogP contribution is -2.14. The number of aliphatic hydroxyl groups excluding tert-OH is 1. The second kappa shape index (κ2) is 3.50. The molecular formula is C11H14O3. The molecule has 0 unspecified atom stereocenters. The molecule has 1 aromatic carbocycles. The first-order chi connectivity index (χ1) is 6.74. The topological polar surface area (TPSA) is 38.7 Å². The maximum Gasteiger partial charge on any atom is 0.131 e. The second-order valence-corrected chi connectivity index (χ2v) is 3.46. The zero-order valence-corrected chi connectivity index (χ0v) is 8.41. The molecule has 0 saturated carbocycles. The molecule has 14 heavy (non-hydrogen) atoms. The summed E-state index contributed by atoms with van der Waals surface area (Å²) in [5.74, 6) is 1.58. The van der Waals surface area contributed by atoms with Crippen LogP contribution < -0.4 is 9.47 Å². The van der Waals surface area contributed by atoms with Gasteiger partial charge in [0.2, 0.25) is 0 Å². The molecule has 0 amide bonds. The molecule has 3 heteroatoms. The van der Waals surface area contributed by atoms with Crippen LogP contribution in [-0.4, -0.2) is 18.8 Å². The normalized spacial score (nSPS) is 19.8. The van der Waals surface area contributed by atoms with Crippen molar-refractivity contribution in [2.45, 2.75) is 19.4 Å². The average molecular weight is 194 g/mol. The number of aliphatic hydroxyl groups is 1. The highest BCUT2D eigenvalue weighted by molar-refractivity contribution is 5.50. The molecule has 0 spiro atoms. The maximum absolute atomic E-state index is 9.73. The van der Waals surface area contributed by atoms with Gasteiger partial charge in [0.1, 0.15) is 11.5 Å². The van der Waals surface area contributed by atoms with Crippen molar-refractivity contribution in [1.29, 1.82) is 0 Å². The Kier molecular flexibility index (Phi) is 2.33. The van der Waals surface area contributed by atoms with Gasteiger partial charge in [-0.1, -0.05) is 0 Å². The van der Waals surface area contributed by atoms with Gasteiger partial charge in [0.05, 0.1) is 19.8 Å². The van der Waals surface area contributed by atoms with E-state index in [1.54, 1.807) is 7.11 Å². The van der Waals surface area contributed by atoms with E-state index in [1.165, 1.54) is 0 Å². The molecule has 1 aliphatic heterocycles. The van der Waals surface area contributed by atoms with E-state index in [0.29, 0.717) is 13.0 Å². The van der Waals surface area contributed by atoms with Gasteiger partial charge >= 0.3 is 0 Å². The third-order valence-corrected chi connectivity index (χ3v) is 2.60. The van der Waals surface area contributed by atoms with E-state index in [-0.39, 0.29) is 0 Å². The Labute approximate surface area is 83.3 Å². The van der Waals surface area contributed by atoms with Crippen LogP contribution in [0.1, 0.15) is 23.7 Å². The minimum atomic E-state index is -0.400. The second-order valence-electron chi connectivity index (χ2n) is 3.46. The lowest BCUT2D eigenvalue weighted by Gasteiger charge is -2.24. The number of benzene rings is 1. The zero-order chi connectivity index (χ0) is 10.1. The van der Waals surface area contributed by atoms with Crippen LogP contribution in [0.15, 0.2) is 12.1 Å². The van der Waals surface area contributed by atoms with Crippen molar-refractivity contribution in [1.82, 2.24) is 0 Å². The molecule has 1 atom stereocenters. The summed E-state index contributed by atoms with van der Waals surface area (Å²) in [5, 5.41) is 9.73. The fourth-order valence-electron chi connectivity index (χ4n) is 1.80. The lowest BCUT2D eigenvalue weighted by atomic mass is 10.00. The Morgan fingerprint density at radius 3 is 3.00 bits per heavy atom. The molecule has 0 aliphatic carbocycles. The molecule has 76 valence electrons. The summed E-state index contributed by atoms with van der Waals surface area (Å²) in [6.45, 7) is 2.51. The molecule has 0 radical (unpaired) electrons. The fraction of sp³-hybridized carbons (Fsp3) is 0.455. The Morgan fingerprint density at radius 2 is 2.29 bits per heavy atom. The van der Waals surface area contributed by atoms with Gasteiger partial charge in [-0.25, -0.2) is 0 Å². The average Bonchev–Trinajstić information content (AvgIpc) is 2.20. The summed E-state index contributed by atoms with van der Waals surface area (Å²) in [6.07, 6.45) is 0.266. The summed E-state index contributed by atoms with van der Waals surface area (Å²) in [5.41, 5.74) is 1.83. The van der Waals surface area contributed by atoms with Crippen LogP contribution >= 0.6 is 0 Å². The van der Waals surface area contributed by atoms with Crippen molar-refractivity contribution < 1.29 is 14.6 Å². The standard InChI is InChI=1S/C11H14O3/c1-7-10(13-2)4-3-8-9(12)5-6-14-11(7)8/h3-4,9,12H,5-6H2,1-2H3/t9-/m0/s1. The highest BCUT2D eigenvalue weighted by Gasteiger charge is 2.22.